The SMILES string of the molecule is Cc1nc(Oc2ccccc2)cc(N2CCN(C(=O)C3CCC3)CC2)n1. The van der Waals surface area contributed by atoms with Gasteiger partial charge in [-0.2, -0.15) is 4.98 Å². The highest BCUT2D eigenvalue weighted by molar-refractivity contribution is 5.79. The highest BCUT2D eigenvalue weighted by Crippen LogP contribution is 2.29. The van der Waals surface area contributed by atoms with Gasteiger partial charge < -0.3 is 14.5 Å². The van der Waals surface area contributed by atoms with Gasteiger partial charge in [-0.05, 0) is 31.9 Å². The highest BCUT2D eigenvalue weighted by atomic mass is 16.5. The van der Waals surface area contributed by atoms with Crippen LogP contribution in [0, 0.1) is 12.8 Å². The minimum Gasteiger partial charge on any atom is -0.439 e. The fourth-order valence-corrected chi connectivity index (χ4v) is 3.42. The Morgan fingerprint density at radius 1 is 1.08 bits per heavy atom. The first-order valence-corrected chi connectivity index (χ1v) is 9.31. The van der Waals surface area contributed by atoms with Crippen LogP contribution in [-0.2, 0) is 4.79 Å². The molecular formula is C20H24N4O2. The average Bonchev–Trinajstić information content (AvgIpc) is 2.61. The van der Waals surface area contributed by atoms with Gasteiger partial charge in [0.2, 0.25) is 11.8 Å². The monoisotopic (exact) mass is 352 g/mol. The Hall–Kier alpha value is -2.63. The van der Waals surface area contributed by atoms with Crippen LogP contribution in [0.2, 0.25) is 0 Å². The Balaban J connectivity index is 1.42. The van der Waals surface area contributed by atoms with Crippen molar-refractivity contribution in [3.63, 3.8) is 0 Å². The van der Waals surface area contributed by atoms with Crippen molar-refractivity contribution in [2.75, 3.05) is 31.1 Å². The van der Waals surface area contributed by atoms with E-state index in [1.54, 1.807) is 0 Å². The lowest BCUT2D eigenvalue weighted by molar-refractivity contribution is -0.138. The number of rotatable bonds is 4. The minimum atomic E-state index is 0.272. The van der Waals surface area contributed by atoms with Crippen LogP contribution in [0.1, 0.15) is 25.1 Å². The number of amides is 1. The number of ether oxygens (including phenoxy) is 1. The maximum absolute atomic E-state index is 12.4. The zero-order valence-corrected chi connectivity index (χ0v) is 15.1. The average molecular weight is 352 g/mol. The van der Waals surface area contributed by atoms with E-state index < -0.39 is 0 Å². The van der Waals surface area contributed by atoms with Gasteiger partial charge in [-0.1, -0.05) is 24.6 Å². The van der Waals surface area contributed by atoms with E-state index in [9.17, 15) is 4.79 Å². The molecule has 1 saturated carbocycles. The highest BCUT2D eigenvalue weighted by Gasteiger charge is 2.31. The van der Waals surface area contributed by atoms with Gasteiger partial charge in [-0.15, -0.1) is 0 Å². The van der Waals surface area contributed by atoms with Gasteiger partial charge >= 0.3 is 0 Å². The first-order chi connectivity index (χ1) is 12.7. The van der Waals surface area contributed by atoms with Gasteiger partial charge in [0.1, 0.15) is 17.4 Å². The molecule has 6 nitrogen and oxygen atoms in total. The normalized spacial score (nSPS) is 17.7. The number of aromatic nitrogens is 2. The molecule has 0 radical (unpaired) electrons. The number of hydrogen-bond acceptors (Lipinski definition) is 5. The minimum absolute atomic E-state index is 0.272. The molecule has 2 aromatic rings. The van der Waals surface area contributed by atoms with E-state index in [0.717, 1.165) is 50.6 Å². The first-order valence-electron chi connectivity index (χ1n) is 9.31. The van der Waals surface area contributed by atoms with Crippen LogP contribution in [0.3, 0.4) is 0 Å². The second kappa shape index (κ2) is 7.32. The van der Waals surface area contributed by atoms with E-state index >= 15 is 0 Å². The Bertz CT molecular complexity index is 769. The van der Waals surface area contributed by atoms with Gasteiger partial charge in [-0.3, -0.25) is 4.79 Å². The predicted molar refractivity (Wildman–Crippen MR) is 99.4 cm³/mol. The van der Waals surface area contributed by atoms with E-state index in [1.807, 2.05) is 48.2 Å². The van der Waals surface area contributed by atoms with Crippen molar-refractivity contribution in [2.45, 2.75) is 26.2 Å². The molecule has 1 saturated heterocycles. The number of carbonyl (C=O) groups is 1. The first kappa shape index (κ1) is 16.8. The molecule has 26 heavy (non-hydrogen) atoms. The van der Waals surface area contributed by atoms with Crippen LogP contribution in [0.15, 0.2) is 36.4 Å². The molecule has 2 aliphatic rings. The molecule has 1 aromatic carbocycles. The molecule has 4 rings (SSSR count). The second-order valence-electron chi connectivity index (χ2n) is 6.97. The van der Waals surface area contributed by atoms with Crippen LogP contribution < -0.4 is 9.64 Å². The van der Waals surface area contributed by atoms with E-state index in [1.165, 1.54) is 6.42 Å². The number of nitrogens with zero attached hydrogens (tertiary/aromatic N) is 4. The quantitative estimate of drug-likeness (QED) is 0.846. The molecule has 0 N–H and O–H groups in total. The van der Waals surface area contributed by atoms with Gasteiger partial charge in [0.25, 0.3) is 0 Å². The molecule has 1 aromatic heterocycles. The van der Waals surface area contributed by atoms with Crippen molar-refractivity contribution in [3.05, 3.63) is 42.2 Å². The van der Waals surface area contributed by atoms with Crippen LogP contribution in [0.4, 0.5) is 5.82 Å². The maximum atomic E-state index is 12.4. The van der Waals surface area contributed by atoms with Gasteiger partial charge in [0, 0.05) is 38.2 Å². The fraction of sp³-hybridized carbons (Fsp3) is 0.450. The summed E-state index contributed by atoms with van der Waals surface area (Å²) in [5.41, 5.74) is 0. The van der Waals surface area contributed by atoms with Crippen molar-refractivity contribution in [3.8, 4) is 11.6 Å². The predicted octanol–water partition coefficient (Wildman–Crippen LogP) is 3.03. The van der Waals surface area contributed by atoms with Crippen molar-refractivity contribution in [1.29, 1.82) is 0 Å². The molecule has 1 aliphatic carbocycles. The number of piperazine rings is 1. The number of aryl methyl sites for hydroxylation is 1. The molecular weight excluding hydrogens is 328 g/mol. The summed E-state index contributed by atoms with van der Waals surface area (Å²) in [6, 6.07) is 11.5. The van der Waals surface area contributed by atoms with Crippen LogP contribution >= 0.6 is 0 Å². The van der Waals surface area contributed by atoms with Crippen molar-refractivity contribution < 1.29 is 9.53 Å². The summed E-state index contributed by atoms with van der Waals surface area (Å²) >= 11 is 0. The Labute approximate surface area is 153 Å². The Morgan fingerprint density at radius 2 is 1.81 bits per heavy atom. The zero-order chi connectivity index (χ0) is 17.9. The Kier molecular flexibility index (Phi) is 4.73. The molecule has 0 spiro atoms. The molecule has 0 atom stereocenters. The van der Waals surface area contributed by atoms with Crippen molar-refractivity contribution in [2.24, 2.45) is 5.92 Å². The lowest BCUT2D eigenvalue weighted by Gasteiger charge is -2.38. The number of benzene rings is 1. The second-order valence-corrected chi connectivity index (χ2v) is 6.97. The standard InChI is InChI=1S/C20H24N4O2/c1-15-21-18(14-19(22-15)26-17-8-3-2-4-9-17)23-10-12-24(13-11-23)20(25)16-6-5-7-16/h2-4,8-9,14,16H,5-7,10-13H2,1H3. The van der Waals surface area contributed by atoms with E-state index in [-0.39, 0.29) is 5.92 Å². The van der Waals surface area contributed by atoms with Gasteiger partial charge in [0.05, 0.1) is 0 Å². The largest absolute Gasteiger partial charge is 0.439 e. The van der Waals surface area contributed by atoms with Gasteiger partial charge in [-0.25, -0.2) is 4.98 Å². The summed E-state index contributed by atoms with van der Waals surface area (Å²) in [7, 11) is 0. The van der Waals surface area contributed by atoms with E-state index in [0.29, 0.717) is 17.6 Å². The topological polar surface area (TPSA) is 58.6 Å². The molecule has 6 heteroatoms. The van der Waals surface area contributed by atoms with Crippen molar-refractivity contribution >= 4 is 11.7 Å². The summed E-state index contributed by atoms with van der Waals surface area (Å²) in [6.45, 7) is 4.97. The van der Waals surface area contributed by atoms with Crippen LogP contribution in [0.25, 0.3) is 0 Å². The maximum Gasteiger partial charge on any atom is 0.225 e. The number of anilines is 1. The number of hydrogen-bond donors (Lipinski definition) is 0. The molecule has 2 heterocycles. The lowest BCUT2D eigenvalue weighted by atomic mass is 9.84. The number of carbonyl (C=O) groups excluding carboxylic acids is 1. The van der Waals surface area contributed by atoms with Gasteiger partial charge in [0.15, 0.2) is 0 Å². The summed E-state index contributed by atoms with van der Waals surface area (Å²) in [5.74, 6) is 3.45. The molecule has 2 fully saturated rings. The smallest absolute Gasteiger partial charge is 0.225 e. The third kappa shape index (κ3) is 3.64. The number of para-hydroxylation sites is 1. The summed E-state index contributed by atoms with van der Waals surface area (Å²) < 4.78 is 5.86. The molecule has 136 valence electrons. The summed E-state index contributed by atoms with van der Waals surface area (Å²) in [4.78, 5) is 25.6. The summed E-state index contributed by atoms with van der Waals surface area (Å²) in [6.07, 6.45) is 3.31. The van der Waals surface area contributed by atoms with Crippen LogP contribution in [-0.4, -0.2) is 47.0 Å². The zero-order valence-electron chi connectivity index (χ0n) is 15.1. The summed E-state index contributed by atoms with van der Waals surface area (Å²) in [5, 5.41) is 0. The molecule has 0 unspecified atom stereocenters. The fourth-order valence-electron chi connectivity index (χ4n) is 3.42. The molecule has 1 amide bonds. The van der Waals surface area contributed by atoms with Crippen LogP contribution in [0.5, 0.6) is 11.6 Å². The molecule has 1 aliphatic heterocycles. The third-order valence-corrected chi connectivity index (χ3v) is 5.14. The Morgan fingerprint density at radius 3 is 2.46 bits per heavy atom. The lowest BCUT2D eigenvalue weighted by Crippen LogP contribution is -2.51. The molecule has 0 bridgehead atoms. The van der Waals surface area contributed by atoms with E-state index in [4.69, 9.17) is 4.74 Å². The third-order valence-electron chi connectivity index (χ3n) is 5.14. The van der Waals surface area contributed by atoms with E-state index in [2.05, 4.69) is 14.9 Å². The van der Waals surface area contributed by atoms with Crippen molar-refractivity contribution in [1.82, 2.24) is 14.9 Å².